The molecule has 2 saturated heterocycles. The lowest BCUT2D eigenvalue weighted by Gasteiger charge is -2.34. The minimum absolute atomic E-state index is 0.312. The van der Waals surface area contributed by atoms with Crippen LogP contribution in [0.5, 0.6) is 11.5 Å². The summed E-state index contributed by atoms with van der Waals surface area (Å²) < 4.78 is 14.7. The molecule has 3 aliphatic rings. The van der Waals surface area contributed by atoms with Crippen LogP contribution in [0.2, 0.25) is 0 Å². The summed E-state index contributed by atoms with van der Waals surface area (Å²) in [5.74, 6) is 2.87. The van der Waals surface area contributed by atoms with Crippen LogP contribution in [-0.2, 0) is 13.0 Å². The first-order valence-corrected chi connectivity index (χ1v) is 15.2. The van der Waals surface area contributed by atoms with E-state index >= 15 is 0 Å². The Morgan fingerprint density at radius 3 is 2.36 bits per heavy atom. The molecule has 39 heavy (non-hydrogen) atoms. The topological polar surface area (TPSA) is 42.8 Å². The summed E-state index contributed by atoms with van der Waals surface area (Å²) in [5.41, 5.74) is 4.57. The minimum atomic E-state index is 0.312. The molecule has 2 fully saturated rings. The summed E-state index contributed by atoms with van der Waals surface area (Å²) in [7, 11) is 0. The van der Waals surface area contributed by atoms with Crippen LogP contribution in [0.3, 0.4) is 0 Å². The van der Waals surface area contributed by atoms with E-state index in [-0.39, 0.29) is 0 Å². The van der Waals surface area contributed by atoms with Crippen molar-refractivity contribution in [2.24, 2.45) is 0 Å². The van der Waals surface area contributed by atoms with Crippen molar-refractivity contribution in [2.45, 2.75) is 85.0 Å². The average molecular weight is 531 g/mol. The lowest BCUT2D eigenvalue weighted by atomic mass is 10.0. The first kappa shape index (κ1) is 27.7. The van der Waals surface area contributed by atoms with Gasteiger partial charge in [-0.25, -0.2) is 4.98 Å². The number of piperidine rings is 2. The van der Waals surface area contributed by atoms with Crippen molar-refractivity contribution in [3.05, 3.63) is 60.2 Å². The molecule has 6 nitrogen and oxygen atoms in total. The fraction of sp³-hybridized carbons (Fsp3) is 0.545. The summed E-state index contributed by atoms with van der Waals surface area (Å²) >= 11 is 0. The monoisotopic (exact) mass is 530 g/mol. The van der Waals surface area contributed by atoms with E-state index in [4.69, 9.17) is 14.5 Å². The molecule has 3 aliphatic heterocycles. The number of hydrogen-bond donors (Lipinski definition) is 0. The Hall–Kier alpha value is -2.83. The molecule has 1 aromatic heterocycles. The molecule has 3 aromatic rings. The van der Waals surface area contributed by atoms with Crippen molar-refractivity contribution in [3.63, 3.8) is 0 Å². The maximum Gasteiger partial charge on any atom is 0.151 e. The highest BCUT2D eigenvalue weighted by atomic mass is 16.5. The van der Waals surface area contributed by atoms with E-state index < -0.39 is 0 Å². The molecule has 6 heteroatoms. The highest BCUT2D eigenvalue weighted by Crippen LogP contribution is 2.35. The van der Waals surface area contributed by atoms with Crippen LogP contribution in [0, 0.1) is 0 Å². The van der Waals surface area contributed by atoms with Gasteiger partial charge in [-0.3, -0.25) is 4.57 Å². The van der Waals surface area contributed by atoms with Crippen molar-refractivity contribution < 1.29 is 9.47 Å². The fourth-order valence-corrected chi connectivity index (χ4v) is 5.94. The standard InChI is InChI=1S/C31H40N4O2.C2H6/c1-23(2)34-18-13-28(14-19-34)37-27-9-6-24(7-10-27)25-8-11-29-30(20-25)36-22-31-32-26(21-35(29)31)12-17-33-15-4-3-5-16-33;1-2/h6-11,20-21,23,28H,3-5,12-19,22H2,1-2H3;1-2H3. The number of nitrogens with zero attached hydrogens (tertiary/aromatic N) is 4. The smallest absolute Gasteiger partial charge is 0.151 e. The van der Waals surface area contributed by atoms with Gasteiger partial charge >= 0.3 is 0 Å². The van der Waals surface area contributed by atoms with Gasteiger partial charge in [0.15, 0.2) is 5.82 Å². The van der Waals surface area contributed by atoms with E-state index in [9.17, 15) is 0 Å². The lowest BCUT2D eigenvalue weighted by molar-refractivity contribution is 0.0843. The summed E-state index contributed by atoms with van der Waals surface area (Å²) in [4.78, 5) is 9.99. The molecule has 0 N–H and O–H groups in total. The third-order valence-corrected chi connectivity index (χ3v) is 8.24. The second kappa shape index (κ2) is 13.0. The lowest BCUT2D eigenvalue weighted by Crippen LogP contribution is -2.41. The first-order valence-electron chi connectivity index (χ1n) is 15.2. The van der Waals surface area contributed by atoms with Crippen LogP contribution in [0.15, 0.2) is 48.7 Å². The SMILES string of the molecule is CC.CC(C)N1CCC(Oc2ccc(-c3ccc4c(c3)OCc3nc(CCN5CCCCC5)cn3-4)cc2)CC1. The third kappa shape index (κ3) is 6.67. The summed E-state index contributed by atoms with van der Waals surface area (Å²) in [5, 5.41) is 0. The van der Waals surface area contributed by atoms with Gasteiger partial charge in [0.25, 0.3) is 0 Å². The van der Waals surface area contributed by atoms with Gasteiger partial charge in [-0.1, -0.05) is 38.5 Å². The van der Waals surface area contributed by atoms with Gasteiger partial charge in [0.2, 0.25) is 0 Å². The Morgan fingerprint density at radius 2 is 1.64 bits per heavy atom. The molecule has 0 saturated carbocycles. The zero-order chi connectivity index (χ0) is 27.2. The van der Waals surface area contributed by atoms with Crippen LogP contribution in [0.4, 0.5) is 0 Å². The van der Waals surface area contributed by atoms with E-state index in [1.807, 2.05) is 13.8 Å². The number of likely N-dealkylation sites (tertiary alicyclic amines) is 2. The normalized spacial score (nSPS) is 18.1. The maximum absolute atomic E-state index is 6.30. The van der Waals surface area contributed by atoms with Crippen molar-refractivity contribution in [1.29, 1.82) is 0 Å². The highest BCUT2D eigenvalue weighted by Gasteiger charge is 2.23. The average Bonchev–Trinajstić information content (AvgIpc) is 3.42. The van der Waals surface area contributed by atoms with Gasteiger partial charge < -0.3 is 19.3 Å². The highest BCUT2D eigenvalue weighted by molar-refractivity contribution is 5.69. The molecule has 4 heterocycles. The predicted molar refractivity (Wildman–Crippen MR) is 159 cm³/mol. The molecule has 0 spiro atoms. The van der Waals surface area contributed by atoms with Crippen LogP contribution < -0.4 is 9.47 Å². The van der Waals surface area contributed by atoms with Gasteiger partial charge in [0, 0.05) is 38.3 Å². The molecule has 210 valence electrons. The number of hydrogen-bond acceptors (Lipinski definition) is 5. The van der Waals surface area contributed by atoms with E-state index in [1.165, 1.54) is 37.9 Å². The molecule has 6 rings (SSSR count). The third-order valence-electron chi connectivity index (χ3n) is 8.24. The van der Waals surface area contributed by atoms with Gasteiger partial charge in [0.05, 0.1) is 11.4 Å². The quantitative estimate of drug-likeness (QED) is 0.339. The number of fused-ring (bicyclic) bond motifs is 3. The molecule has 2 aromatic carbocycles. The van der Waals surface area contributed by atoms with Crippen molar-refractivity contribution in [1.82, 2.24) is 19.4 Å². The van der Waals surface area contributed by atoms with E-state index in [2.05, 4.69) is 76.9 Å². The van der Waals surface area contributed by atoms with Gasteiger partial charge in [-0.2, -0.15) is 0 Å². The van der Waals surface area contributed by atoms with Crippen molar-refractivity contribution in [3.8, 4) is 28.3 Å². The van der Waals surface area contributed by atoms with Crippen LogP contribution in [0.1, 0.15) is 71.3 Å². The zero-order valence-electron chi connectivity index (χ0n) is 24.4. The molecule has 0 unspecified atom stereocenters. The molecular formula is C33H46N4O2. The second-order valence-corrected chi connectivity index (χ2v) is 11.1. The van der Waals surface area contributed by atoms with Gasteiger partial charge in [-0.05, 0) is 88.0 Å². The minimum Gasteiger partial charge on any atom is -0.490 e. The van der Waals surface area contributed by atoms with Crippen molar-refractivity contribution >= 4 is 0 Å². The number of benzene rings is 2. The molecule has 0 atom stereocenters. The maximum atomic E-state index is 6.30. The Kier molecular flexibility index (Phi) is 9.25. The summed E-state index contributed by atoms with van der Waals surface area (Å²) in [6.07, 6.45) is 9.74. The Morgan fingerprint density at radius 1 is 0.923 bits per heavy atom. The predicted octanol–water partition coefficient (Wildman–Crippen LogP) is 6.74. The molecule has 0 radical (unpaired) electrons. The second-order valence-electron chi connectivity index (χ2n) is 11.1. The van der Waals surface area contributed by atoms with E-state index in [1.54, 1.807) is 0 Å². The molecular weight excluding hydrogens is 484 g/mol. The largest absolute Gasteiger partial charge is 0.490 e. The molecule has 0 bridgehead atoms. The Labute approximate surface area is 234 Å². The van der Waals surface area contributed by atoms with E-state index in [0.717, 1.165) is 73.2 Å². The zero-order valence-corrected chi connectivity index (χ0v) is 24.4. The number of imidazole rings is 1. The van der Waals surface area contributed by atoms with Crippen LogP contribution in [-0.4, -0.2) is 64.2 Å². The van der Waals surface area contributed by atoms with Gasteiger partial charge in [0.1, 0.15) is 24.2 Å². The molecule has 0 aliphatic carbocycles. The Balaban J connectivity index is 0.00000151. The van der Waals surface area contributed by atoms with E-state index in [0.29, 0.717) is 18.8 Å². The fourth-order valence-electron chi connectivity index (χ4n) is 5.94. The molecule has 0 amide bonds. The number of rotatable bonds is 7. The summed E-state index contributed by atoms with van der Waals surface area (Å²) in [6, 6.07) is 15.6. The summed E-state index contributed by atoms with van der Waals surface area (Å²) in [6.45, 7) is 14.9. The number of aromatic nitrogens is 2. The van der Waals surface area contributed by atoms with Crippen LogP contribution >= 0.6 is 0 Å². The van der Waals surface area contributed by atoms with Crippen LogP contribution in [0.25, 0.3) is 16.8 Å². The van der Waals surface area contributed by atoms with Gasteiger partial charge in [-0.15, -0.1) is 0 Å². The number of ether oxygens (including phenoxy) is 2. The Bertz CT molecular complexity index is 1190. The first-order chi connectivity index (χ1) is 19.1. The van der Waals surface area contributed by atoms with Crippen molar-refractivity contribution in [2.75, 3.05) is 32.7 Å².